The van der Waals surface area contributed by atoms with Crippen LogP contribution in [-0.2, 0) is 0 Å². The Bertz CT molecular complexity index is 404. The van der Waals surface area contributed by atoms with Crippen molar-refractivity contribution in [3.05, 3.63) is 34.9 Å². The monoisotopic (exact) mass is 251 g/mol. The summed E-state index contributed by atoms with van der Waals surface area (Å²) in [5, 5.41) is 8.82. The van der Waals surface area contributed by atoms with E-state index in [9.17, 15) is 4.79 Å². The van der Waals surface area contributed by atoms with E-state index in [-0.39, 0.29) is 10.6 Å². The third-order valence-corrected chi connectivity index (χ3v) is 2.34. The van der Waals surface area contributed by atoms with Crippen molar-refractivity contribution in [3.63, 3.8) is 0 Å². The summed E-state index contributed by atoms with van der Waals surface area (Å²) in [5.74, 6) is -0.0507. The number of carbonyl (C=O) groups is 1. The first-order valence-corrected chi connectivity index (χ1v) is 5.17. The molecule has 0 aliphatic heterocycles. The summed E-state index contributed by atoms with van der Waals surface area (Å²) in [6, 6.07) is 7.27. The van der Waals surface area contributed by atoms with Crippen LogP contribution < -0.4 is 0 Å². The predicted octanol–water partition coefficient (Wildman–Crippen LogP) is 2.83. The van der Waals surface area contributed by atoms with Gasteiger partial charge in [0.2, 0.25) is 0 Å². The molecule has 72 valence electrons. The van der Waals surface area contributed by atoms with E-state index >= 15 is 0 Å². The van der Waals surface area contributed by atoms with Crippen molar-refractivity contribution in [2.24, 2.45) is 0 Å². The number of carbonyl (C=O) groups excluding carboxylic acids is 1. The Morgan fingerprint density at radius 1 is 1.57 bits per heavy atom. The van der Waals surface area contributed by atoms with Gasteiger partial charge in [-0.25, -0.2) is 0 Å². The number of alkyl halides is 1. The minimum Gasteiger partial charge on any atom is -0.293 e. The van der Waals surface area contributed by atoms with E-state index in [0.29, 0.717) is 11.1 Å². The lowest BCUT2D eigenvalue weighted by molar-refractivity contribution is 0.0995. The molecule has 1 atom stereocenters. The molecule has 0 N–H and O–H groups in total. The zero-order valence-corrected chi connectivity index (χ0v) is 9.63. The highest BCUT2D eigenvalue weighted by molar-refractivity contribution is 9.10. The Morgan fingerprint density at radius 3 is 2.71 bits per heavy atom. The van der Waals surface area contributed by atoms with E-state index < -0.39 is 0 Å². The molecule has 0 heterocycles. The lowest BCUT2D eigenvalue weighted by atomic mass is 10.0. The van der Waals surface area contributed by atoms with Crippen LogP contribution in [0.15, 0.2) is 18.2 Å². The van der Waals surface area contributed by atoms with Gasteiger partial charge < -0.3 is 0 Å². The van der Waals surface area contributed by atoms with Gasteiger partial charge in [-0.05, 0) is 26.0 Å². The SMILES string of the molecule is Cc1ccc(C#N)c(C(=O)C(C)Br)c1. The first-order valence-electron chi connectivity index (χ1n) is 4.25. The molecule has 0 radical (unpaired) electrons. The van der Waals surface area contributed by atoms with Crippen LogP contribution in [0.2, 0.25) is 0 Å². The summed E-state index contributed by atoms with van der Waals surface area (Å²) in [6.07, 6.45) is 0. The van der Waals surface area contributed by atoms with Crippen molar-refractivity contribution in [2.45, 2.75) is 18.7 Å². The van der Waals surface area contributed by atoms with E-state index in [0.717, 1.165) is 5.56 Å². The summed E-state index contributed by atoms with van der Waals surface area (Å²) < 4.78 is 0. The highest BCUT2D eigenvalue weighted by Crippen LogP contribution is 2.15. The van der Waals surface area contributed by atoms with Gasteiger partial charge in [-0.3, -0.25) is 4.79 Å². The van der Waals surface area contributed by atoms with Gasteiger partial charge in [0.25, 0.3) is 0 Å². The molecule has 1 rings (SSSR count). The number of hydrogen-bond donors (Lipinski definition) is 0. The zero-order valence-electron chi connectivity index (χ0n) is 8.04. The van der Waals surface area contributed by atoms with E-state index in [4.69, 9.17) is 5.26 Å². The van der Waals surface area contributed by atoms with Crippen molar-refractivity contribution in [1.82, 2.24) is 0 Å². The number of nitrogens with zero attached hydrogens (tertiary/aromatic N) is 1. The van der Waals surface area contributed by atoms with Gasteiger partial charge in [0, 0.05) is 5.56 Å². The summed E-state index contributed by atoms with van der Waals surface area (Å²) in [5.41, 5.74) is 1.92. The van der Waals surface area contributed by atoms with E-state index in [2.05, 4.69) is 15.9 Å². The van der Waals surface area contributed by atoms with Crippen LogP contribution in [-0.4, -0.2) is 10.6 Å². The summed E-state index contributed by atoms with van der Waals surface area (Å²) in [4.78, 5) is 11.4. The number of ketones is 1. The fourth-order valence-electron chi connectivity index (χ4n) is 1.17. The molecule has 0 spiro atoms. The first kappa shape index (κ1) is 10.9. The summed E-state index contributed by atoms with van der Waals surface area (Å²) >= 11 is 3.21. The first-order chi connectivity index (χ1) is 6.56. The average molecular weight is 252 g/mol. The Hall–Kier alpha value is -1.14. The van der Waals surface area contributed by atoms with Crippen molar-refractivity contribution < 1.29 is 4.79 Å². The van der Waals surface area contributed by atoms with Crippen molar-refractivity contribution in [2.75, 3.05) is 0 Å². The summed E-state index contributed by atoms with van der Waals surface area (Å²) in [6.45, 7) is 3.66. The van der Waals surface area contributed by atoms with E-state index in [1.165, 1.54) is 0 Å². The molecule has 0 aromatic heterocycles. The third-order valence-electron chi connectivity index (χ3n) is 1.92. The molecule has 0 aliphatic rings. The minimum atomic E-state index is -0.253. The number of Topliss-reactive ketones (excluding diaryl/α,β-unsaturated/α-hetero) is 1. The minimum absolute atomic E-state index is 0.0507. The molecule has 0 amide bonds. The van der Waals surface area contributed by atoms with Crippen LogP contribution in [0.25, 0.3) is 0 Å². The largest absolute Gasteiger partial charge is 0.293 e. The van der Waals surface area contributed by atoms with E-state index in [1.54, 1.807) is 19.1 Å². The predicted molar refractivity (Wildman–Crippen MR) is 58.6 cm³/mol. The van der Waals surface area contributed by atoms with Gasteiger partial charge in [-0.2, -0.15) is 5.26 Å². The molecule has 1 aromatic carbocycles. The van der Waals surface area contributed by atoms with E-state index in [1.807, 2.05) is 19.1 Å². The van der Waals surface area contributed by atoms with Crippen LogP contribution in [0.1, 0.15) is 28.4 Å². The Morgan fingerprint density at radius 2 is 2.21 bits per heavy atom. The molecule has 2 nitrogen and oxygen atoms in total. The number of hydrogen-bond acceptors (Lipinski definition) is 2. The van der Waals surface area contributed by atoms with Gasteiger partial charge in [-0.15, -0.1) is 0 Å². The maximum Gasteiger partial charge on any atom is 0.177 e. The smallest absolute Gasteiger partial charge is 0.177 e. The maximum absolute atomic E-state index is 11.7. The molecule has 0 saturated heterocycles. The molecule has 14 heavy (non-hydrogen) atoms. The lowest BCUT2D eigenvalue weighted by Crippen LogP contribution is -2.11. The molecule has 3 heteroatoms. The summed E-state index contributed by atoms with van der Waals surface area (Å²) in [7, 11) is 0. The number of rotatable bonds is 2. The van der Waals surface area contributed by atoms with Crippen molar-refractivity contribution >= 4 is 21.7 Å². The second kappa shape index (κ2) is 4.39. The average Bonchev–Trinajstić information content (AvgIpc) is 2.16. The standard InChI is InChI=1S/C11H10BrNO/c1-7-3-4-9(6-13)10(5-7)11(14)8(2)12/h3-5,8H,1-2H3. The molecule has 0 aliphatic carbocycles. The van der Waals surface area contributed by atoms with Crippen LogP contribution in [0, 0.1) is 18.3 Å². The fraction of sp³-hybridized carbons (Fsp3) is 0.273. The van der Waals surface area contributed by atoms with Gasteiger partial charge in [0.1, 0.15) is 0 Å². The molecular weight excluding hydrogens is 242 g/mol. The van der Waals surface area contributed by atoms with Crippen molar-refractivity contribution in [3.8, 4) is 6.07 Å². The number of nitriles is 1. The quantitative estimate of drug-likeness (QED) is 0.599. The molecular formula is C11H10BrNO. The second-order valence-electron chi connectivity index (χ2n) is 3.14. The van der Waals surface area contributed by atoms with Crippen molar-refractivity contribution in [1.29, 1.82) is 5.26 Å². The van der Waals surface area contributed by atoms with Gasteiger partial charge in [-0.1, -0.05) is 27.6 Å². The number of halogens is 1. The van der Waals surface area contributed by atoms with Crippen LogP contribution in [0.4, 0.5) is 0 Å². The van der Waals surface area contributed by atoms with Crippen LogP contribution >= 0.6 is 15.9 Å². The number of benzene rings is 1. The molecule has 1 aromatic rings. The van der Waals surface area contributed by atoms with Gasteiger partial charge in [0.15, 0.2) is 5.78 Å². The Kier molecular flexibility index (Phi) is 3.43. The third kappa shape index (κ3) is 2.21. The highest BCUT2D eigenvalue weighted by Gasteiger charge is 2.15. The zero-order chi connectivity index (χ0) is 10.7. The Balaban J connectivity index is 3.26. The van der Waals surface area contributed by atoms with Gasteiger partial charge >= 0.3 is 0 Å². The maximum atomic E-state index is 11.7. The highest BCUT2D eigenvalue weighted by atomic mass is 79.9. The fourth-order valence-corrected chi connectivity index (χ4v) is 1.42. The molecule has 0 bridgehead atoms. The van der Waals surface area contributed by atoms with Crippen LogP contribution in [0.3, 0.4) is 0 Å². The molecule has 0 saturated carbocycles. The topological polar surface area (TPSA) is 40.9 Å². The second-order valence-corrected chi connectivity index (χ2v) is 4.51. The normalized spacial score (nSPS) is 11.9. The number of aryl methyl sites for hydroxylation is 1. The lowest BCUT2D eigenvalue weighted by Gasteiger charge is -2.05. The van der Waals surface area contributed by atoms with Crippen LogP contribution in [0.5, 0.6) is 0 Å². The molecule has 0 fully saturated rings. The van der Waals surface area contributed by atoms with Gasteiger partial charge in [0.05, 0.1) is 16.5 Å². The molecule has 1 unspecified atom stereocenters. The Labute approximate surface area is 91.7 Å².